The molecule has 2 aromatic heterocycles. The standard InChI is InChI=1S/C18H30N4O/c1-8-16-15(17(9-2)23-21-16)10-19-12(5)18-13(6)20-22(11(3)4)14(18)7/h11-12,19H,8-10H2,1-7H3/t12-/m0/s1. The Labute approximate surface area is 139 Å². The average Bonchev–Trinajstić information content (AvgIpc) is 3.04. The molecule has 0 aromatic carbocycles. The summed E-state index contributed by atoms with van der Waals surface area (Å²) in [4.78, 5) is 0. The highest BCUT2D eigenvalue weighted by atomic mass is 16.5. The molecule has 0 amide bonds. The fraction of sp³-hybridized carbons (Fsp3) is 0.667. The molecule has 0 aliphatic carbocycles. The predicted octanol–water partition coefficient (Wildman–Crippen LogP) is 4.04. The average molecular weight is 318 g/mol. The van der Waals surface area contributed by atoms with Gasteiger partial charge in [0.2, 0.25) is 0 Å². The molecule has 2 rings (SSSR count). The van der Waals surface area contributed by atoms with Gasteiger partial charge in [-0.15, -0.1) is 0 Å². The lowest BCUT2D eigenvalue weighted by Gasteiger charge is -2.16. The largest absolute Gasteiger partial charge is 0.361 e. The van der Waals surface area contributed by atoms with Gasteiger partial charge in [0.15, 0.2) is 0 Å². The zero-order valence-corrected chi connectivity index (χ0v) is 15.5. The molecule has 2 heterocycles. The summed E-state index contributed by atoms with van der Waals surface area (Å²) in [6, 6.07) is 0.623. The van der Waals surface area contributed by atoms with Gasteiger partial charge in [-0.05, 0) is 41.0 Å². The summed E-state index contributed by atoms with van der Waals surface area (Å²) < 4.78 is 7.56. The third-order valence-electron chi connectivity index (χ3n) is 4.50. The number of nitrogens with zero attached hydrogens (tertiary/aromatic N) is 3. The molecule has 1 atom stereocenters. The first-order chi connectivity index (χ1) is 10.9. The second-order valence-corrected chi connectivity index (χ2v) is 6.46. The highest BCUT2D eigenvalue weighted by Gasteiger charge is 2.20. The van der Waals surface area contributed by atoms with Crippen molar-refractivity contribution in [3.05, 3.63) is 34.0 Å². The van der Waals surface area contributed by atoms with Gasteiger partial charge >= 0.3 is 0 Å². The lowest BCUT2D eigenvalue weighted by atomic mass is 10.0. The maximum absolute atomic E-state index is 5.45. The summed E-state index contributed by atoms with van der Waals surface area (Å²) in [5.41, 5.74) is 5.93. The number of nitrogens with one attached hydrogen (secondary N) is 1. The van der Waals surface area contributed by atoms with E-state index in [0.717, 1.165) is 36.5 Å². The first-order valence-corrected chi connectivity index (χ1v) is 8.65. The SMILES string of the molecule is CCc1noc(CC)c1CN[C@@H](C)c1c(C)nn(C(C)C)c1C. The first-order valence-electron chi connectivity index (χ1n) is 8.65. The normalized spacial score (nSPS) is 13.0. The maximum atomic E-state index is 5.45. The highest BCUT2D eigenvalue weighted by molar-refractivity contribution is 5.29. The Hall–Kier alpha value is -1.62. The van der Waals surface area contributed by atoms with Crippen LogP contribution in [0.5, 0.6) is 0 Å². The zero-order chi connectivity index (χ0) is 17.1. The van der Waals surface area contributed by atoms with E-state index >= 15 is 0 Å². The molecule has 1 N–H and O–H groups in total. The van der Waals surface area contributed by atoms with Crippen molar-refractivity contribution in [1.82, 2.24) is 20.3 Å². The van der Waals surface area contributed by atoms with Gasteiger partial charge in [-0.2, -0.15) is 5.10 Å². The van der Waals surface area contributed by atoms with E-state index in [1.807, 2.05) is 0 Å². The van der Waals surface area contributed by atoms with Gasteiger partial charge in [0, 0.05) is 41.9 Å². The van der Waals surface area contributed by atoms with E-state index in [9.17, 15) is 0 Å². The Morgan fingerprint density at radius 2 is 1.83 bits per heavy atom. The smallest absolute Gasteiger partial charge is 0.141 e. The van der Waals surface area contributed by atoms with Crippen molar-refractivity contribution in [2.24, 2.45) is 0 Å². The van der Waals surface area contributed by atoms with Crippen LogP contribution < -0.4 is 5.32 Å². The zero-order valence-electron chi connectivity index (χ0n) is 15.5. The molecular weight excluding hydrogens is 288 g/mol. The summed E-state index contributed by atoms with van der Waals surface area (Å²) in [5, 5.41) is 12.5. The number of hydrogen-bond acceptors (Lipinski definition) is 4. The van der Waals surface area contributed by atoms with Crippen molar-refractivity contribution in [2.45, 2.75) is 79.9 Å². The van der Waals surface area contributed by atoms with Crippen molar-refractivity contribution < 1.29 is 4.52 Å². The van der Waals surface area contributed by atoms with E-state index < -0.39 is 0 Å². The Kier molecular flexibility index (Phi) is 5.63. The predicted molar refractivity (Wildman–Crippen MR) is 92.6 cm³/mol. The van der Waals surface area contributed by atoms with Gasteiger partial charge in [0.05, 0.1) is 11.4 Å². The number of aromatic nitrogens is 3. The Balaban J connectivity index is 2.18. The van der Waals surface area contributed by atoms with Crippen LogP contribution in [0.2, 0.25) is 0 Å². The van der Waals surface area contributed by atoms with Crippen molar-refractivity contribution in [3.8, 4) is 0 Å². The van der Waals surface area contributed by atoms with Crippen LogP contribution >= 0.6 is 0 Å². The molecule has 0 radical (unpaired) electrons. The van der Waals surface area contributed by atoms with Crippen molar-refractivity contribution in [2.75, 3.05) is 0 Å². The molecule has 0 bridgehead atoms. The summed E-state index contributed by atoms with van der Waals surface area (Å²) in [6.45, 7) is 15.8. The molecule has 23 heavy (non-hydrogen) atoms. The number of rotatable bonds is 7. The van der Waals surface area contributed by atoms with Gasteiger partial charge in [-0.25, -0.2) is 0 Å². The molecule has 0 aliphatic heterocycles. The van der Waals surface area contributed by atoms with Crippen molar-refractivity contribution in [3.63, 3.8) is 0 Å². The lowest BCUT2D eigenvalue weighted by molar-refractivity contribution is 0.379. The fourth-order valence-electron chi connectivity index (χ4n) is 3.30. The molecule has 128 valence electrons. The topological polar surface area (TPSA) is 55.9 Å². The molecule has 2 aromatic rings. The molecule has 0 saturated carbocycles. The van der Waals surface area contributed by atoms with Crippen LogP contribution in [0.4, 0.5) is 0 Å². The van der Waals surface area contributed by atoms with Crippen LogP contribution in [0.3, 0.4) is 0 Å². The van der Waals surface area contributed by atoms with Crippen molar-refractivity contribution in [1.29, 1.82) is 0 Å². The minimum Gasteiger partial charge on any atom is -0.361 e. The molecule has 0 saturated heterocycles. The third-order valence-corrected chi connectivity index (χ3v) is 4.50. The minimum atomic E-state index is 0.242. The molecule has 5 heteroatoms. The maximum Gasteiger partial charge on any atom is 0.141 e. The van der Waals surface area contributed by atoms with E-state index in [-0.39, 0.29) is 6.04 Å². The Morgan fingerprint density at radius 1 is 1.13 bits per heavy atom. The van der Waals surface area contributed by atoms with Crippen LogP contribution in [-0.2, 0) is 19.4 Å². The number of aryl methyl sites for hydroxylation is 3. The van der Waals surface area contributed by atoms with Crippen LogP contribution in [0.1, 0.15) is 80.7 Å². The first kappa shape index (κ1) is 17.7. The molecule has 0 fully saturated rings. The second-order valence-electron chi connectivity index (χ2n) is 6.46. The van der Waals surface area contributed by atoms with Crippen LogP contribution in [0.15, 0.2) is 4.52 Å². The van der Waals surface area contributed by atoms with Gasteiger partial charge in [-0.1, -0.05) is 19.0 Å². The van der Waals surface area contributed by atoms with Gasteiger partial charge < -0.3 is 9.84 Å². The van der Waals surface area contributed by atoms with Gasteiger partial charge in [0.25, 0.3) is 0 Å². The Morgan fingerprint density at radius 3 is 2.35 bits per heavy atom. The molecule has 0 spiro atoms. The monoisotopic (exact) mass is 318 g/mol. The molecule has 0 unspecified atom stereocenters. The van der Waals surface area contributed by atoms with E-state index in [1.165, 1.54) is 16.8 Å². The van der Waals surface area contributed by atoms with E-state index in [4.69, 9.17) is 4.52 Å². The van der Waals surface area contributed by atoms with Crippen molar-refractivity contribution >= 4 is 0 Å². The van der Waals surface area contributed by atoms with E-state index in [2.05, 4.69) is 68.7 Å². The highest BCUT2D eigenvalue weighted by Crippen LogP contribution is 2.25. The lowest BCUT2D eigenvalue weighted by Crippen LogP contribution is -2.20. The quantitative estimate of drug-likeness (QED) is 0.837. The summed E-state index contributed by atoms with van der Waals surface area (Å²) in [7, 11) is 0. The van der Waals surface area contributed by atoms with Gasteiger partial charge in [-0.3, -0.25) is 4.68 Å². The van der Waals surface area contributed by atoms with Crippen LogP contribution in [0.25, 0.3) is 0 Å². The molecular formula is C18H30N4O. The van der Waals surface area contributed by atoms with Crippen LogP contribution in [-0.4, -0.2) is 14.9 Å². The summed E-state index contributed by atoms with van der Waals surface area (Å²) >= 11 is 0. The Bertz CT molecular complexity index is 633. The fourth-order valence-corrected chi connectivity index (χ4v) is 3.30. The van der Waals surface area contributed by atoms with E-state index in [0.29, 0.717) is 6.04 Å². The molecule has 0 aliphatic rings. The summed E-state index contributed by atoms with van der Waals surface area (Å²) in [6.07, 6.45) is 1.78. The second kappa shape index (κ2) is 7.30. The van der Waals surface area contributed by atoms with E-state index in [1.54, 1.807) is 0 Å². The number of hydrogen-bond donors (Lipinski definition) is 1. The third kappa shape index (κ3) is 3.50. The van der Waals surface area contributed by atoms with Crippen LogP contribution in [0, 0.1) is 13.8 Å². The molecule has 5 nitrogen and oxygen atoms in total. The summed E-state index contributed by atoms with van der Waals surface area (Å²) in [5.74, 6) is 0.993. The minimum absolute atomic E-state index is 0.242. The van der Waals surface area contributed by atoms with Gasteiger partial charge in [0.1, 0.15) is 5.76 Å².